The number of unbranched alkanes of at least 4 members (excludes halogenated alkanes) is 25. The van der Waals surface area contributed by atoms with E-state index in [9.17, 15) is 4.79 Å². The number of hydrogen-bond donors (Lipinski definition) is 0. The summed E-state index contributed by atoms with van der Waals surface area (Å²) in [7, 11) is 4.18. The molecule has 0 bridgehead atoms. The highest BCUT2D eigenvalue weighted by molar-refractivity contribution is 5.69. The van der Waals surface area contributed by atoms with Gasteiger partial charge in [-0.25, -0.2) is 0 Å². The summed E-state index contributed by atoms with van der Waals surface area (Å²) in [5, 5.41) is 0. The zero-order valence-electron chi connectivity index (χ0n) is 42.5. The Morgan fingerprint density at radius 2 is 0.645 bits per heavy atom. The number of ether oxygens (including phenoxy) is 1. The maximum absolute atomic E-state index is 13.5. The van der Waals surface area contributed by atoms with E-state index in [0.717, 1.165) is 51.5 Å². The standard InChI is InChI=1S/C59H107NO2/c1-6-9-12-15-18-21-24-27-30-32-35-38-41-44-47-50-55-59(62-58(61)53-52-57-60(4)5,54-49-46-43-40-37-34-29-26-23-20-17-14-11-8-3)56-51-48-45-42-39-36-33-31-28-25-22-19-16-13-10-7-2/h18-23,27-31,34H,6-17,24-26,32-33,35-57H2,1-5H3/b21-18-,22-19-,23-20-,30-27-,31-28-,34-29-. The van der Waals surface area contributed by atoms with Gasteiger partial charge in [-0.3, -0.25) is 4.79 Å². The maximum Gasteiger partial charge on any atom is 0.306 e. The molecule has 0 spiro atoms. The number of esters is 1. The predicted octanol–water partition coefficient (Wildman–Crippen LogP) is 19.4. The van der Waals surface area contributed by atoms with Crippen molar-refractivity contribution in [3.8, 4) is 0 Å². The summed E-state index contributed by atoms with van der Waals surface area (Å²) in [6.07, 6.45) is 75.4. The van der Waals surface area contributed by atoms with E-state index in [1.54, 1.807) is 0 Å². The predicted molar refractivity (Wildman–Crippen MR) is 279 cm³/mol. The second kappa shape index (κ2) is 49.9. The molecule has 360 valence electrons. The van der Waals surface area contributed by atoms with Gasteiger partial charge in [-0.15, -0.1) is 0 Å². The lowest BCUT2D eigenvalue weighted by Gasteiger charge is -2.34. The van der Waals surface area contributed by atoms with Crippen LogP contribution in [0.1, 0.15) is 271 Å². The Kier molecular flexibility index (Phi) is 48.2. The van der Waals surface area contributed by atoms with Gasteiger partial charge in [0.1, 0.15) is 5.60 Å². The zero-order chi connectivity index (χ0) is 45.1. The quantitative estimate of drug-likeness (QED) is 0.0347. The molecule has 0 aromatic heterocycles. The minimum absolute atomic E-state index is 0.0384. The van der Waals surface area contributed by atoms with Crippen LogP contribution in [0, 0.1) is 0 Å². The van der Waals surface area contributed by atoms with Crippen molar-refractivity contribution in [2.75, 3.05) is 20.6 Å². The normalized spacial score (nSPS) is 12.7. The van der Waals surface area contributed by atoms with Crippen LogP contribution in [0.15, 0.2) is 72.9 Å². The minimum atomic E-state index is -0.289. The highest BCUT2D eigenvalue weighted by atomic mass is 16.6. The van der Waals surface area contributed by atoms with Crippen molar-refractivity contribution >= 4 is 5.97 Å². The fourth-order valence-electron chi connectivity index (χ4n) is 8.31. The Morgan fingerprint density at radius 1 is 0.371 bits per heavy atom. The molecule has 0 fully saturated rings. The number of allylic oxidation sites excluding steroid dienone is 12. The fourth-order valence-corrected chi connectivity index (χ4v) is 8.31. The van der Waals surface area contributed by atoms with E-state index in [2.05, 4.69) is 113 Å². The first-order valence-electron chi connectivity index (χ1n) is 27.3. The molecule has 0 aromatic carbocycles. The van der Waals surface area contributed by atoms with Gasteiger partial charge in [0.15, 0.2) is 0 Å². The van der Waals surface area contributed by atoms with Gasteiger partial charge in [-0.05, 0) is 162 Å². The third-order valence-corrected chi connectivity index (χ3v) is 12.3. The van der Waals surface area contributed by atoms with E-state index in [-0.39, 0.29) is 11.6 Å². The first-order chi connectivity index (χ1) is 30.5. The molecular weight excluding hydrogens is 755 g/mol. The maximum atomic E-state index is 13.5. The molecule has 0 atom stereocenters. The Morgan fingerprint density at radius 3 is 0.935 bits per heavy atom. The van der Waals surface area contributed by atoms with Gasteiger partial charge in [-0.2, -0.15) is 0 Å². The second-order valence-electron chi connectivity index (χ2n) is 18.9. The number of carbonyl (C=O) groups excluding carboxylic acids is 1. The summed E-state index contributed by atoms with van der Waals surface area (Å²) >= 11 is 0. The van der Waals surface area contributed by atoms with Crippen LogP contribution in [-0.4, -0.2) is 37.1 Å². The molecule has 0 aliphatic heterocycles. The molecular formula is C59H107NO2. The summed E-state index contributed by atoms with van der Waals surface area (Å²) in [6, 6.07) is 0. The van der Waals surface area contributed by atoms with Gasteiger partial charge in [0.25, 0.3) is 0 Å². The van der Waals surface area contributed by atoms with E-state index in [1.165, 1.54) is 199 Å². The molecule has 0 N–H and O–H groups in total. The summed E-state index contributed by atoms with van der Waals surface area (Å²) in [5.74, 6) is 0.0384. The lowest BCUT2D eigenvalue weighted by atomic mass is 9.84. The molecule has 0 aromatic rings. The molecule has 0 saturated carbocycles. The molecule has 62 heavy (non-hydrogen) atoms. The highest BCUT2D eigenvalue weighted by Gasteiger charge is 2.33. The van der Waals surface area contributed by atoms with E-state index in [4.69, 9.17) is 4.74 Å². The molecule has 3 nitrogen and oxygen atoms in total. The Hall–Kier alpha value is -2.13. The molecule has 0 aliphatic rings. The largest absolute Gasteiger partial charge is 0.459 e. The van der Waals surface area contributed by atoms with E-state index in [1.807, 2.05) is 0 Å². The van der Waals surface area contributed by atoms with Gasteiger partial charge in [-0.1, -0.05) is 196 Å². The summed E-state index contributed by atoms with van der Waals surface area (Å²) in [4.78, 5) is 15.6. The molecule has 0 amide bonds. The lowest BCUT2D eigenvalue weighted by Crippen LogP contribution is -2.35. The average Bonchev–Trinajstić information content (AvgIpc) is 3.26. The number of hydrogen-bond acceptors (Lipinski definition) is 3. The summed E-state index contributed by atoms with van der Waals surface area (Å²) < 4.78 is 6.68. The monoisotopic (exact) mass is 862 g/mol. The Bertz CT molecular complexity index is 1050. The van der Waals surface area contributed by atoms with E-state index < -0.39 is 0 Å². The molecule has 0 saturated heterocycles. The van der Waals surface area contributed by atoms with Crippen molar-refractivity contribution < 1.29 is 9.53 Å². The number of carbonyl (C=O) groups is 1. The van der Waals surface area contributed by atoms with Gasteiger partial charge in [0.05, 0.1) is 0 Å². The molecule has 0 rings (SSSR count). The number of rotatable bonds is 48. The van der Waals surface area contributed by atoms with Crippen molar-refractivity contribution in [2.45, 2.75) is 277 Å². The zero-order valence-corrected chi connectivity index (χ0v) is 42.5. The van der Waals surface area contributed by atoms with E-state index >= 15 is 0 Å². The van der Waals surface area contributed by atoms with Crippen molar-refractivity contribution in [3.05, 3.63) is 72.9 Å². The third-order valence-electron chi connectivity index (χ3n) is 12.3. The Labute approximate surface area is 389 Å². The smallest absolute Gasteiger partial charge is 0.306 e. The summed E-state index contributed by atoms with van der Waals surface area (Å²) in [5.41, 5.74) is -0.289. The van der Waals surface area contributed by atoms with Crippen LogP contribution in [-0.2, 0) is 9.53 Å². The van der Waals surface area contributed by atoms with Crippen molar-refractivity contribution in [1.82, 2.24) is 4.90 Å². The minimum Gasteiger partial charge on any atom is -0.459 e. The van der Waals surface area contributed by atoms with Crippen LogP contribution in [0.2, 0.25) is 0 Å². The van der Waals surface area contributed by atoms with Gasteiger partial charge in [0.2, 0.25) is 0 Å². The first-order valence-corrected chi connectivity index (χ1v) is 27.3. The SMILES string of the molecule is CCCCC/C=C\C/C=C\CCCCCCCCC(CCCCCC/C=C\C/C=C\CCCCC)(CCCCCCCC/C=C\C/C=C\CCCCC)OC(=O)CCCN(C)C. The molecule has 0 unspecified atom stereocenters. The molecule has 3 heteroatoms. The average molecular weight is 863 g/mol. The van der Waals surface area contributed by atoms with Crippen molar-refractivity contribution in [1.29, 1.82) is 0 Å². The van der Waals surface area contributed by atoms with Crippen LogP contribution in [0.25, 0.3) is 0 Å². The van der Waals surface area contributed by atoms with Crippen LogP contribution in [0.4, 0.5) is 0 Å². The third kappa shape index (κ3) is 45.9. The van der Waals surface area contributed by atoms with E-state index in [0.29, 0.717) is 6.42 Å². The summed E-state index contributed by atoms with van der Waals surface area (Å²) in [6.45, 7) is 7.74. The Balaban J connectivity index is 5.05. The van der Waals surface area contributed by atoms with Gasteiger partial charge < -0.3 is 9.64 Å². The van der Waals surface area contributed by atoms with Gasteiger partial charge in [0, 0.05) is 6.42 Å². The number of nitrogens with zero attached hydrogens (tertiary/aromatic N) is 1. The van der Waals surface area contributed by atoms with Crippen LogP contribution < -0.4 is 0 Å². The van der Waals surface area contributed by atoms with Crippen LogP contribution >= 0.6 is 0 Å². The lowest BCUT2D eigenvalue weighted by molar-refractivity contribution is -0.163. The van der Waals surface area contributed by atoms with Gasteiger partial charge >= 0.3 is 5.97 Å². The topological polar surface area (TPSA) is 29.5 Å². The molecule has 0 heterocycles. The van der Waals surface area contributed by atoms with Crippen molar-refractivity contribution in [3.63, 3.8) is 0 Å². The highest BCUT2D eigenvalue weighted by Crippen LogP contribution is 2.34. The molecule has 0 aliphatic carbocycles. The second-order valence-corrected chi connectivity index (χ2v) is 18.9. The fraction of sp³-hybridized carbons (Fsp3) is 0.780. The first kappa shape index (κ1) is 59.9. The van der Waals surface area contributed by atoms with Crippen LogP contribution in [0.5, 0.6) is 0 Å². The molecule has 0 radical (unpaired) electrons. The van der Waals surface area contributed by atoms with Crippen LogP contribution in [0.3, 0.4) is 0 Å². The van der Waals surface area contributed by atoms with Crippen molar-refractivity contribution in [2.24, 2.45) is 0 Å².